The third-order valence-corrected chi connectivity index (χ3v) is 3.71. The van der Waals surface area contributed by atoms with Gasteiger partial charge in [0.1, 0.15) is 6.10 Å². The van der Waals surface area contributed by atoms with E-state index in [1.54, 1.807) is 0 Å². The summed E-state index contributed by atoms with van der Waals surface area (Å²) in [7, 11) is 0. The van der Waals surface area contributed by atoms with Gasteiger partial charge in [-0.15, -0.1) is 0 Å². The monoisotopic (exact) mass is 283 g/mol. The Bertz CT molecular complexity index is 357. The summed E-state index contributed by atoms with van der Waals surface area (Å²) in [6.07, 6.45) is 3.64. The molecule has 0 spiro atoms. The minimum atomic E-state index is -0.531. The van der Waals surface area contributed by atoms with Gasteiger partial charge >= 0.3 is 6.09 Å². The second kappa shape index (κ2) is 6.15. The molecule has 0 aromatic carbocycles. The quantitative estimate of drug-likeness (QED) is 0.859. The average molecular weight is 283 g/mol. The van der Waals surface area contributed by atoms with Crippen LogP contribution in [0.5, 0.6) is 0 Å². The van der Waals surface area contributed by atoms with Crippen molar-refractivity contribution < 1.29 is 14.3 Å². The molecule has 1 aliphatic rings. The van der Waals surface area contributed by atoms with Crippen molar-refractivity contribution in [3.63, 3.8) is 0 Å². The highest BCUT2D eigenvalue weighted by atomic mass is 16.6. The van der Waals surface area contributed by atoms with Crippen molar-refractivity contribution in [2.45, 2.75) is 79.4 Å². The number of amides is 1. The van der Waals surface area contributed by atoms with Gasteiger partial charge in [-0.05, 0) is 31.1 Å². The Morgan fingerprint density at radius 1 is 1.05 bits per heavy atom. The number of ether oxygens (including phenoxy) is 1. The number of carbonyl (C=O) groups excluding carboxylic acids is 2. The number of nitrogens with one attached hydrogen (secondary N) is 1. The number of hydrogen-bond donors (Lipinski definition) is 1. The zero-order valence-corrected chi connectivity index (χ0v) is 13.7. The van der Waals surface area contributed by atoms with Crippen molar-refractivity contribution in [3.8, 4) is 0 Å². The first-order chi connectivity index (χ1) is 9.01. The van der Waals surface area contributed by atoms with Gasteiger partial charge in [-0.1, -0.05) is 41.5 Å². The zero-order chi connectivity index (χ0) is 15.6. The Kier molecular flexibility index (Phi) is 5.22. The summed E-state index contributed by atoms with van der Waals surface area (Å²) in [5.41, 5.74) is -0.822. The van der Waals surface area contributed by atoms with Gasteiger partial charge in [0.2, 0.25) is 0 Å². The second-order valence-electron chi connectivity index (χ2n) is 7.87. The Morgan fingerprint density at radius 2 is 1.55 bits per heavy atom. The van der Waals surface area contributed by atoms with Gasteiger partial charge in [0.25, 0.3) is 0 Å². The summed E-state index contributed by atoms with van der Waals surface area (Å²) in [6, 6.07) is -0.531. The maximum Gasteiger partial charge on any atom is 0.408 e. The molecule has 4 nitrogen and oxygen atoms in total. The molecule has 0 radical (unpaired) electrons. The fraction of sp³-hybridized carbons (Fsp3) is 0.875. The van der Waals surface area contributed by atoms with Gasteiger partial charge in [-0.25, -0.2) is 4.79 Å². The molecule has 4 heteroatoms. The molecule has 1 atom stereocenters. The fourth-order valence-electron chi connectivity index (χ4n) is 2.42. The normalized spacial score (nSPS) is 18.7. The first-order valence-corrected chi connectivity index (χ1v) is 7.53. The third-order valence-electron chi connectivity index (χ3n) is 3.71. The number of rotatable bonds is 3. The predicted molar refractivity (Wildman–Crippen MR) is 79.6 cm³/mol. The summed E-state index contributed by atoms with van der Waals surface area (Å²) in [6.45, 7) is 11.5. The number of Topliss-reactive ketones (excluding diaryl/α,β-unsaturated/α-hetero) is 1. The first kappa shape index (κ1) is 17.0. The summed E-state index contributed by atoms with van der Waals surface area (Å²) in [4.78, 5) is 24.5. The molecule has 1 N–H and O–H groups in total. The largest absolute Gasteiger partial charge is 0.446 e. The van der Waals surface area contributed by atoms with Crippen LogP contribution in [0.2, 0.25) is 0 Å². The summed E-state index contributed by atoms with van der Waals surface area (Å²) >= 11 is 0. The van der Waals surface area contributed by atoms with Crippen molar-refractivity contribution in [3.05, 3.63) is 0 Å². The van der Waals surface area contributed by atoms with E-state index >= 15 is 0 Å². The predicted octanol–water partition coefficient (Wildman–Crippen LogP) is 3.69. The maximum atomic E-state index is 12.5. The van der Waals surface area contributed by atoms with Crippen LogP contribution < -0.4 is 5.32 Å². The van der Waals surface area contributed by atoms with Crippen molar-refractivity contribution in [1.82, 2.24) is 5.32 Å². The van der Waals surface area contributed by atoms with E-state index in [0.29, 0.717) is 0 Å². The summed E-state index contributed by atoms with van der Waals surface area (Å²) < 4.78 is 5.40. The Labute approximate surface area is 122 Å². The lowest BCUT2D eigenvalue weighted by Gasteiger charge is -2.34. The highest BCUT2D eigenvalue weighted by Crippen LogP contribution is 2.28. The number of alkyl carbamates (subject to hydrolysis) is 1. The molecule has 0 unspecified atom stereocenters. The van der Waals surface area contributed by atoms with E-state index in [9.17, 15) is 9.59 Å². The standard InChI is InChI=1S/C16H29NO3/c1-15(2,3)12(13(18)16(4,5)6)17-14(19)20-11-9-7-8-10-11/h11-12H,7-10H2,1-6H3,(H,17,19)/t12-/m1/s1. The lowest BCUT2D eigenvalue weighted by Crippen LogP contribution is -2.53. The zero-order valence-electron chi connectivity index (χ0n) is 13.7. The lowest BCUT2D eigenvalue weighted by atomic mass is 9.76. The number of hydrogen-bond acceptors (Lipinski definition) is 3. The molecule has 1 amide bonds. The van der Waals surface area contributed by atoms with Crippen LogP contribution in [0.15, 0.2) is 0 Å². The topological polar surface area (TPSA) is 55.4 Å². The van der Waals surface area contributed by atoms with Crippen LogP contribution in [-0.4, -0.2) is 24.0 Å². The van der Waals surface area contributed by atoms with Crippen molar-refractivity contribution in [2.75, 3.05) is 0 Å². The fourth-order valence-corrected chi connectivity index (χ4v) is 2.42. The van der Waals surface area contributed by atoms with E-state index in [4.69, 9.17) is 4.74 Å². The van der Waals surface area contributed by atoms with Gasteiger partial charge < -0.3 is 10.1 Å². The van der Waals surface area contributed by atoms with Crippen LogP contribution in [0, 0.1) is 10.8 Å². The van der Waals surface area contributed by atoms with Crippen molar-refractivity contribution in [1.29, 1.82) is 0 Å². The van der Waals surface area contributed by atoms with Crippen molar-refractivity contribution in [2.24, 2.45) is 10.8 Å². The molecule has 0 saturated heterocycles. The van der Waals surface area contributed by atoms with Gasteiger partial charge in [-0.3, -0.25) is 4.79 Å². The molecule has 1 fully saturated rings. The molecule has 0 bridgehead atoms. The highest BCUT2D eigenvalue weighted by Gasteiger charge is 2.39. The molecule has 0 aliphatic heterocycles. The van der Waals surface area contributed by atoms with Gasteiger partial charge in [-0.2, -0.15) is 0 Å². The Hall–Kier alpha value is -1.06. The molecule has 1 aliphatic carbocycles. The highest BCUT2D eigenvalue weighted by molar-refractivity contribution is 5.92. The van der Waals surface area contributed by atoms with E-state index in [2.05, 4.69) is 5.32 Å². The van der Waals surface area contributed by atoms with Crippen molar-refractivity contribution >= 4 is 11.9 Å². The van der Waals surface area contributed by atoms with Gasteiger partial charge in [0.15, 0.2) is 5.78 Å². The van der Waals surface area contributed by atoms with E-state index in [1.165, 1.54) is 0 Å². The minimum absolute atomic E-state index is 0.0142. The van der Waals surface area contributed by atoms with Crippen LogP contribution in [0.25, 0.3) is 0 Å². The molecule has 1 saturated carbocycles. The average Bonchev–Trinajstić information content (AvgIpc) is 2.74. The van der Waals surface area contributed by atoms with Gasteiger partial charge in [0, 0.05) is 5.41 Å². The third kappa shape index (κ3) is 4.80. The Balaban J connectivity index is 2.70. The summed E-state index contributed by atoms with van der Waals surface area (Å²) in [5.74, 6) is 0.0355. The van der Waals surface area contributed by atoms with Crippen LogP contribution in [0.4, 0.5) is 4.79 Å². The van der Waals surface area contributed by atoms with Crippen LogP contribution in [0.3, 0.4) is 0 Å². The van der Waals surface area contributed by atoms with E-state index in [0.717, 1.165) is 25.7 Å². The molecule has 0 aromatic heterocycles. The molecule has 1 rings (SSSR count). The molecular formula is C16H29NO3. The first-order valence-electron chi connectivity index (χ1n) is 7.53. The van der Waals surface area contributed by atoms with E-state index in [1.807, 2.05) is 41.5 Å². The molecule has 0 aromatic rings. The van der Waals surface area contributed by atoms with Crippen LogP contribution in [0.1, 0.15) is 67.2 Å². The van der Waals surface area contributed by atoms with E-state index in [-0.39, 0.29) is 17.3 Å². The second-order valence-corrected chi connectivity index (χ2v) is 7.87. The summed E-state index contributed by atoms with van der Waals surface area (Å²) in [5, 5.41) is 2.78. The smallest absolute Gasteiger partial charge is 0.408 e. The lowest BCUT2D eigenvalue weighted by molar-refractivity contribution is -0.130. The van der Waals surface area contributed by atoms with Crippen LogP contribution in [-0.2, 0) is 9.53 Å². The number of ketones is 1. The molecule has 20 heavy (non-hydrogen) atoms. The molecule has 0 heterocycles. The van der Waals surface area contributed by atoms with Gasteiger partial charge in [0.05, 0.1) is 6.04 Å². The Morgan fingerprint density at radius 3 is 1.95 bits per heavy atom. The van der Waals surface area contributed by atoms with E-state index < -0.39 is 17.6 Å². The molecule has 116 valence electrons. The molecular weight excluding hydrogens is 254 g/mol. The maximum absolute atomic E-state index is 12.5. The van der Waals surface area contributed by atoms with Crippen LogP contribution >= 0.6 is 0 Å². The number of carbonyl (C=O) groups is 2. The minimum Gasteiger partial charge on any atom is -0.446 e. The SMILES string of the molecule is CC(C)(C)C(=O)[C@@H](NC(=O)OC1CCCC1)C(C)(C)C.